The molecule has 0 aromatic carbocycles. The van der Waals surface area contributed by atoms with Gasteiger partial charge >= 0.3 is 0 Å². The number of aromatic nitrogens is 2. The fourth-order valence-corrected chi connectivity index (χ4v) is 2.65. The maximum Gasteiger partial charge on any atom is 0.279 e. The van der Waals surface area contributed by atoms with E-state index in [4.69, 9.17) is 0 Å². The first kappa shape index (κ1) is 15.4. The molecule has 2 N–H and O–H groups in total. The Morgan fingerprint density at radius 1 is 1.10 bits per heavy atom. The van der Waals surface area contributed by atoms with Gasteiger partial charge in [-0.05, 0) is 37.2 Å². The second-order valence-corrected chi connectivity index (χ2v) is 6.21. The average Bonchev–Trinajstić information content (AvgIpc) is 2.48. The van der Waals surface area contributed by atoms with Crippen LogP contribution in [0.2, 0.25) is 0 Å². The van der Waals surface area contributed by atoms with Gasteiger partial charge in [-0.2, -0.15) is 8.42 Å². The summed E-state index contributed by atoms with van der Waals surface area (Å²) in [5, 5.41) is 3.14. The molecule has 0 aliphatic rings. The smallest absolute Gasteiger partial charge is 0.279 e. The van der Waals surface area contributed by atoms with Crippen LogP contribution < -0.4 is 10.0 Å². The topological polar surface area (TPSA) is 84.0 Å². The Morgan fingerprint density at radius 3 is 2.48 bits per heavy atom. The van der Waals surface area contributed by atoms with Crippen LogP contribution in [-0.2, 0) is 16.6 Å². The van der Waals surface area contributed by atoms with Crippen molar-refractivity contribution >= 4 is 15.7 Å². The number of rotatable bonds is 6. The summed E-state index contributed by atoms with van der Waals surface area (Å²) in [6, 6.07) is 6.65. The number of pyridine rings is 2. The Labute approximate surface area is 124 Å². The highest BCUT2D eigenvalue weighted by Crippen LogP contribution is 2.14. The van der Waals surface area contributed by atoms with Gasteiger partial charge in [0.05, 0.1) is 11.9 Å². The lowest BCUT2D eigenvalue weighted by Gasteiger charge is -2.08. The SMILES string of the molecule is CCNCc1ccc(S(=O)(=O)Nc2ccc(C)nc2)nc1. The number of hydrogen-bond acceptors (Lipinski definition) is 5. The van der Waals surface area contributed by atoms with Crippen molar-refractivity contribution < 1.29 is 8.42 Å². The number of sulfonamides is 1. The first-order valence-electron chi connectivity index (χ1n) is 6.62. The summed E-state index contributed by atoms with van der Waals surface area (Å²) >= 11 is 0. The van der Waals surface area contributed by atoms with Crippen LogP contribution in [-0.4, -0.2) is 24.9 Å². The van der Waals surface area contributed by atoms with Gasteiger partial charge in [0, 0.05) is 18.4 Å². The molecule has 2 aromatic heterocycles. The molecule has 0 saturated carbocycles. The van der Waals surface area contributed by atoms with E-state index in [1.807, 2.05) is 13.8 Å². The molecule has 2 aromatic rings. The lowest BCUT2D eigenvalue weighted by atomic mass is 10.3. The molecule has 0 unspecified atom stereocenters. The van der Waals surface area contributed by atoms with Crippen molar-refractivity contribution in [3.63, 3.8) is 0 Å². The highest BCUT2D eigenvalue weighted by atomic mass is 32.2. The minimum atomic E-state index is -3.68. The van der Waals surface area contributed by atoms with Crippen molar-refractivity contribution in [3.05, 3.63) is 47.9 Å². The zero-order chi connectivity index (χ0) is 15.3. The van der Waals surface area contributed by atoms with Gasteiger partial charge in [0.2, 0.25) is 0 Å². The summed E-state index contributed by atoms with van der Waals surface area (Å²) in [6.07, 6.45) is 3.04. The van der Waals surface area contributed by atoms with Gasteiger partial charge in [-0.25, -0.2) is 4.98 Å². The third-order valence-corrected chi connectivity index (χ3v) is 4.11. The van der Waals surface area contributed by atoms with Crippen molar-refractivity contribution in [2.24, 2.45) is 0 Å². The van der Waals surface area contributed by atoms with Gasteiger partial charge in [0.1, 0.15) is 0 Å². The molecule has 0 fully saturated rings. The third kappa shape index (κ3) is 4.24. The molecule has 7 heteroatoms. The lowest BCUT2D eigenvalue weighted by Crippen LogP contribution is -2.16. The molecule has 0 bridgehead atoms. The predicted molar refractivity (Wildman–Crippen MR) is 81.4 cm³/mol. The summed E-state index contributed by atoms with van der Waals surface area (Å²) in [4.78, 5) is 8.06. The Hall–Kier alpha value is -1.99. The van der Waals surface area contributed by atoms with Gasteiger partial charge < -0.3 is 5.32 Å². The summed E-state index contributed by atoms with van der Waals surface area (Å²) in [5.41, 5.74) is 2.18. The van der Waals surface area contributed by atoms with Crippen LogP contribution in [0.5, 0.6) is 0 Å². The van der Waals surface area contributed by atoms with Crippen molar-refractivity contribution in [2.75, 3.05) is 11.3 Å². The van der Waals surface area contributed by atoms with E-state index in [0.717, 1.165) is 17.8 Å². The Kier molecular flexibility index (Phi) is 4.87. The van der Waals surface area contributed by atoms with Gasteiger partial charge in [-0.15, -0.1) is 0 Å². The zero-order valence-corrected chi connectivity index (χ0v) is 12.8. The maximum atomic E-state index is 12.2. The molecule has 21 heavy (non-hydrogen) atoms. The predicted octanol–water partition coefficient (Wildman–Crippen LogP) is 1.70. The van der Waals surface area contributed by atoms with E-state index in [9.17, 15) is 8.42 Å². The minimum absolute atomic E-state index is 0.0108. The molecule has 0 spiro atoms. The minimum Gasteiger partial charge on any atom is -0.313 e. The first-order chi connectivity index (χ1) is 10.0. The van der Waals surface area contributed by atoms with E-state index in [0.29, 0.717) is 12.2 Å². The number of hydrogen-bond donors (Lipinski definition) is 2. The Morgan fingerprint density at radius 2 is 1.90 bits per heavy atom. The van der Waals surface area contributed by atoms with Crippen LogP contribution in [0, 0.1) is 6.92 Å². The normalized spacial score (nSPS) is 11.3. The van der Waals surface area contributed by atoms with E-state index in [-0.39, 0.29) is 5.03 Å². The van der Waals surface area contributed by atoms with E-state index in [1.54, 1.807) is 24.4 Å². The van der Waals surface area contributed by atoms with Gasteiger partial charge in [-0.3, -0.25) is 9.71 Å². The average molecular weight is 306 g/mol. The number of aryl methyl sites for hydroxylation is 1. The summed E-state index contributed by atoms with van der Waals surface area (Å²) in [5.74, 6) is 0. The van der Waals surface area contributed by atoms with E-state index >= 15 is 0 Å². The molecule has 0 saturated heterocycles. The largest absolute Gasteiger partial charge is 0.313 e. The summed E-state index contributed by atoms with van der Waals surface area (Å²) in [7, 11) is -3.68. The van der Waals surface area contributed by atoms with Crippen molar-refractivity contribution in [2.45, 2.75) is 25.4 Å². The fourth-order valence-electron chi connectivity index (χ4n) is 1.68. The first-order valence-corrected chi connectivity index (χ1v) is 8.10. The second kappa shape index (κ2) is 6.64. The van der Waals surface area contributed by atoms with E-state index in [2.05, 4.69) is 20.0 Å². The van der Waals surface area contributed by atoms with Crippen molar-refractivity contribution in [1.29, 1.82) is 0 Å². The molecule has 0 aliphatic carbocycles. The summed E-state index contributed by atoms with van der Waals surface area (Å²) in [6.45, 7) is 5.36. The molecule has 0 radical (unpaired) electrons. The molecule has 2 heterocycles. The number of nitrogens with zero attached hydrogens (tertiary/aromatic N) is 2. The van der Waals surface area contributed by atoms with Gasteiger partial charge in [-0.1, -0.05) is 13.0 Å². The lowest BCUT2D eigenvalue weighted by molar-refractivity contribution is 0.597. The highest BCUT2D eigenvalue weighted by Gasteiger charge is 2.15. The molecule has 0 atom stereocenters. The van der Waals surface area contributed by atoms with Crippen LogP contribution in [0.3, 0.4) is 0 Å². The standard InChI is InChI=1S/C14H18N4O2S/c1-3-15-8-12-5-7-14(17-9-12)21(19,20)18-13-6-4-11(2)16-10-13/h4-7,9-10,15,18H,3,8H2,1-2H3. The van der Waals surface area contributed by atoms with Crippen molar-refractivity contribution in [1.82, 2.24) is 15.3 Å². The van der Waals surface area contributed by atoms with Gasteiger partial charge in [0.25, 0.3) is 10.0 Å². The molecule has 112 valence electrons. The molecule has 0 aliphatic heterocycles. The highest BCUT2D eigenvalue weighted by molar-refractivity contribution is 7.92. The van der Waals surface area contributed by atoms with Gasteiger partial charge in [0.15, 0.2) is 5.03 Å². The van der Waals surface area contributed by atoms with E-state index < -0.39 is 10.0 Å². The summed E-state index contributed by atoms with van der Waals surface area (Å²) < 4.78 is 26.8. The zero-order valence-electron chi connectivity index (χ0n) is 12.0. The van der Waals surface area contributed by atoms with Crippen LogP contribution in [0.4, 0.5) is 5.69 Å². The van der Waals surface area contributed by atoms with Crippen molar-refractivity contribution in [3.8, 4) is 0 Å². The van der Waals surface area contributed by atoms with Crippen LogP contribution in [0.1, 0.15) is 18.2 Å². The Balaban J connectivity index is 2.13. The van der Waals surface area contributed by atoms with Crippen LogP contribution in [0.15, 0.2) is 41.7 Å². The quantitative estimate of drug-likeness (QED) is 0.848. The Bertz CT molecular complexity index is 682. The van der Waals surface area contributed by atoms with E-state index in [1.165, 1.54) is 12.3 Å². The molecule has 6 nitrogen and oxygen atoms in total. The molecular formula is C14H18N4O2S. The second-order valence-electron chi connectivity index (χ2n) is 4.58. The third-order valence-electron chi connectivity index (χ3n) is 2.82. The molecule has 0 amide bonds. The maximum absolute atomic E-state index is 12.2. The van der Waals surface area contributed by atoms with Crippen LogP contribution >= 0.6 is 0 Å². The fraction of sp³-hybridized carbons (Fsp3) is 0.286. The number of nitrogens with one attached hydrogen (secondary N) is 2. The number of anilines is 1. The molecule has 2 rings (SSSR count). The van der Waals surface area contributed by atoms with Crippen LogP contribution in [0.25, 0.3) is 0 Å². The monoisotopic (exact) mass is 306 g/mol. The molecular weight excluding hydrogens is 288 g/mol.